The molecule has 0 radical (unpaired) electrons. The second kappa shape index (κ2) is 8.85. The summed E-state index contributed by atoms with van der Waals surface area (Å²) in [5.74, 6) is 0.680. The highest BCUT2D eigenvalue weighted by molar-refractivity contribution is 5.80. The highest BCUT2D eigenvalue weighted by atomic mass is 19.4. The van der Waals surface area contributed by atoms with Crippen molar-refractivity contribution in [3.63, 3.8) is 0 Å². The van der Waals surface area contributed by atoms with Crippen LogP contribution in [0.4, 0.5) is 26.3 Å². The Balaban J connectivity index is 1.76. The van der Waals surface area contributed by atoms with E-state index in [2.05, 4.69) is 10.3 Å². The van der Waals surface area contributed by atoms with Gasteiger partial charge in [0.1, 0.15) is 6.04 Å². The third-order valence-corrected chi connectivity index (χ3v) is 5.17. The maximum absolute atomic E-state index is 12.8. The summed E-state index contributed by atoms with van der Waals surface area (Å²) in [6.07, 6.45) is -7.75. The molecule has 0 spiro atoms. The molecule has 11 heteroatoms. The van der Waals surface area contributed by atoms with E-state index in [1.165, 1.54) is 9.80 Å². The number of halogens is 6. The van der Waals surface area contributed by atoms with E-state index in [4.69, 9.17) is 0 Å². The molecule has 2 saturated heterocycles. The SMILES string of the molecule is CN=C(NCC1CCN(CC(F)(F)F)C1)N1CCN(C(C)C(F)(F)F)CC1. The van der Waals surface area contributed by atoms with E-state index < -0.39 is 24.9 Å². The van der Waals surface area contributed by atoms with Crippen LogP contribution >= 0.6 is 0 Å². The van der Waals surface area contributed by atoms with Gasteiger partial charge in [-0.1, -0.05) is 0 Å². The van der Waals surface area contributed by atoms with Crippen molar-refractivity contribution in [1.29, 1.82) is 0 Å². The minimum atomic E-state index is -4.24. The Bertz CT molecular complexity index is 499. The average molecular weight is 403 g/mol. The lowest BCUT2D eigenvalue weighted by Gasteiger charge is -2.39. The second-order valence-electron chi connectivity index (χ2n) is 7.17. The van der Waals surface area contributed by atoms with Crippen molar-refractivity contribution in [1.82, 2.24) is 20.0 Å². The lowest BCUT2D eigenvalue weighted by atomic mass is 10.1. The molecule has 5 nitrogen and oxygen atoms in total. The predicted octanol–water partition coefficient (Wildman–Crippen LogP) is 2.01. The lowest BCUT2D eigenvalue weighted by Crippen LogP contribution is -2.57. The van der Waals surface area contributed by atoms with Gasteiger partial charge in [0, 0.05) is 46.3 Å². The fourth-order valence-corrected chi connectivity index (χ4v) is 3.57. The molecule has 0 aromatic heterocycles. The summed E-state index contributed by atoms with van der Waals surface area (Å²) in [6.45, 7) is 2.97. The molecule has 0 aliphatic carbocycles. The molecule has 2 atom stereocenters. The largest absolute Gasteiger partial charge is 0.403 e. The minimum Gasteiger partial charge on any atom is -0.356 e. The number of aliphatic imine (C=N–C) groups is 1. The molecule has 0 amide bonds. The van der Waals surface area contributed by atoms with Crippen LogP contribution in [-0.2, 0) is 0 Å². The molecule has 2 aliphatic rings. The van der Waals surface area contributed by atoms with Gasteiger partial charge in [-0.25, -0.2) is 0 Å². The van der Waals surface area contributed by atoms with Gasteiger partial charge in [0.15, 0.2) is 5.96 Å². The molecule has 2 fully saturated rings. The zero-order chi connectivity index (χ0) is 20.2. The Labute approximate surface area is 155 Å². The smallest absolute Gasteiger partial charge is 0.356 e. The number of piperazine rings is 1. The van der Waals surface area contributed by atoms with Crippen molar-refractivity contribution in [2.75, 3.05) is 59.4 Å². The van der Waals surface area contributed by atoms with Crippen LogP contribution in [0, 0.1) is 5.92 Å². The number of nitrogens with one attached hydrogen (secondary N) is 1. The number of alkyl halides is 6. The standard InChI is InChI=1S/C16H27F6N5/c1-12(16(20,21)22)26-5-7-27(8-6-26)14(23-2)24-9-13-3-4-25(10-13)11-15(17,18)19/h12-13H,3-11H2,1-2H3,(H,23,24). The summed E-state index contributed by atoms with van der Waals surface area (Å²) in [4.78, 5) is 8.85. The quantitative estimate of drug-likeness (QED) is 0.443. The number of rotatable bonds is 4. The van der Waals surface area contributed by atoms with E-state index in [1.54, 1.807) is 7.05 Å². The van der Waals surface area contributed by atoms with E-state index in [0.29, 0.717) is 45.1 Å². The van der Waals surface area contributed by atoms with Crippen molar-refractivity contribution in [2.24, 2.45) is 10.9 Å². The predicted molar refractivity (Wildman–Crippen MR) is 90.6 cm³/mol. The van der Waals surface area contributed by atoms with Gasteiger partial charge in [0.25, 0.3) is 0 Å². The molecule has 0 bridgehead atoms. The van der Waals surface area contributed by atoms with Crippen molar-refractivity contribution >= 4 is 5.96 Å². The van der Waals surface area contributed by atoms with Crippen LogP contribution in [0.15, 0.2) is 4.99 Å². The molecular formula is C16H27F6N5. The first-order valence-corrected chi connectivity index (χ1v) is 9.05. The van der Waals surface area contributed by atoms with Gasteiger partial charge in [-0.15, -0.1) is 0 Å². The van der Waals surface area contributed by atoms with Crippen molar-refractivity contribution in [2.45, 2.75) is 31.7 Å². The van der Waals surface area contributed by atoms with Crippen LogP contribution in [0.25, 0.3) is 0 Å². The van der Waals surface area contributed by atoms with E-state index in [0.717, 1.165) is 6.92 Å². The summed E-state index contributed by atoms with van der Waals surface area (Å²) in [6, 6.07) is -1.48. The zero-order valence-corrected chi connectivity index (χ0v) is 15.6. The number of guanidine groups is 1. The van der Waals surface area contributed by atoms with E-state index >= 15 is 0 Å². The van der Waals surface area contributed by atoms with Crippen LogP contribution in [0.1, 0.15) is 13.3 Å². The highest BCUT2D eigenvalue weighted by Crippen LogP contribution is 2.25. The van der Waals surface area contributed by atoms with Gasteiger partial charge in [-0.3, -0.25) is 14.8 Å². The zero-order valence-electron chi connectivity index (χ0n) is 15.6. The van der Waals surface area contributed by atoms with E-state index in [1.807, 2.05) is 4.90 Å². The topological polar surface area (TPSA) is 34.1 Å². The monoisotopic (exact) mass is 403 g/mol. The van der Waals surface area contributed by atoms with Gasteiger partial charge in [0.2, 0.25) is 0 Å². The summed E-state index contributed by atoms with van der Waals surface area (Å²) in [5.41, 5.74) is 0. The van der Waals surface area contributed by atoms with Crippen LogP contribution in [0.5, 0.6) is 0 Å². The van der Waals surface area contributed by atoms with Crippen LogP contribution < -0.4 is 5.32 Å². The summed E-state index contributed by atoms with van der Waals surface area (Å²) in [5, 5.41) is 3.17. The fraction of sp³-hybridized carbons (Fsp3) is 0.938. The maximum Gasteiger partial charge on any atom is 0.403 e. The molecule has 1 N–H and O–H groups in total. The van der Waals surface area contributed by atoms with Gasteiger partial charge in [0.05, 0.1) is 6.54 Å². The maximum atomic E-state index is 12.8. The van der Waals surface area contributed by atoms with Gasteiger partial charge >= 0.3 is 12.4 Å². The molecular weight excluding hydrogens is 376 g/mol. The average Bonchev–Trinajstić information content (AvgIpc) is 3.00. The Morgan fingerprint density at radius 1 is 1.07 bits per heavy atom. The summed E-state index contributed by atoms with van der Waals surface area (Å²) in [7, 11) is 1.59. The molecule has 0 saturated carbocycles. The number of hydrogen-bond acceptors (Lipinski definition) is 3. The van der Waals surface area contributed by atoms with Crippen LogP contribution in [-0.4, -0.2) is 98.5 Å². The van der Waals surface area contributed by atoms with Crippen molar-refractivity contribution in [3.05, 3.63) is 0 Å². The van der Waals surface area contributed by atoms with Crippen molar-refractivity contribution < 1.29 is 26.3 Å². The Morgan fingerprint density at radius 3 is 2.22 bits per heavy atom. The molecule has 0 aromatic carbocycles. The number of likely N-dealkylation sites (tertiary alicyclic amines) is 1. The Kier molecular flexibility index (Phi) is 7.23. The van der Waals surface area contributed by atoms with E-state index in [9.17, 15) is 26.3 Å². The van der Waals surface area contributed by atoms with E-state index in [-0.39, 0.29) is 19.0 Å². The number of nitrogens with zero attached hydrogens (tertiary/aromatic N) is 4. The highest BCUT2D eigenvalue weighted by Gasteiger charge is 2.41. The lowest BCUT2D eigenvalue weighted by molar-refractivity contribution is -0.181. The van der Waals surface area contributed by atoms with Crippen LogP contribution in [0.3, 0.4) is 0 Å². The van der Waals surface area contributed by atoms with Crippen molar-refractivity contribution in [3.8, 4) is 0 Å². The molecule has 2 aliphatic heterocycles. The Morgan fingerprint density at radius 2 is 1.70 bits per heavy atom. The molecule has 27 heavy (non-hydrogen) atoms. The second-order valence-corrected chi connectivity index (χ2v) is 7.17. The molecule has 2 rings (SSSR count). The third-order valence-electron chi connectivity index (χ3n) is 5.17. The molecule has 158 valence electrons. The first-order chi connectivity index (χ1) is 12.5. The van der Waals surface area contributed by atoms with Gasteiger partial charge < -0.3 is 10.2 Å². The fourth-order valence-electron chi connectivity index (χ4n) is 3.57. The Hall–Kier alpha value is -1.23. The first kappa shape index (κ1) is 22.1. The van der Waals surface area contributed by atoms with Gasteiger partial charge in [-0.05, 0) is 25.8 Å². The third kappa shape index (κ3) is 6.70. The minimum absolute atomic E-state index is 0.0932. The molecule has 2 unspecified atom stereocenters. The summed E-state index contributed by atoms with van der Waals surface area (Å²) < 4.78 is 75.8. The summed E-state index contributed by atoms with van der Waals surface area (Å²) >= 11 is 0. The first-order valence-electron chi connectivity index (χ1n) is 9.05. The molecule has 0 aromatic rings. The number of hydrogen-bond donors (Lipinski definition) is 1. The normalized spacial score (nSPS) is 25.1. The molecule has 2 heterocycles. The van der Waals surface area contributed by atoms with Gasteiger partial charge in [-0.2, -0.15) is 26.3 Å². The van der Waals surface area contributed by atoms with Crippen LogP contribution in [0.2, 0.25) is 0 Å².